The van der Waals surface area contributed by atoms with Crippen LogP contribution in [0.5, 0.6) is 0 Å². The van der Waals surface area contributed by atoms with Crippen LogP contribution in [0, 0.1) is 0 Å². The SMILES string of the molecule is CC(=O)OCc1ncnc2c1ncn2Cc1ccccc1. The summed E-state index contributed by atoms with van der Waals surface area (Å²) in [5, 5.41) is 0. The highest BCUT2D eigenvalue weighted by Crippen LogP contribution is 2.15. The number of benzene rings is 1. The van der Waals surface area contributed by atoms with Gasteiger partial charge in [0.1, 0.15) is 24.1 Å². The lowest BCUT2D eigenvalue weighted by Gasteiger charge is -2.05. The van der Waals surface area contributed by atoms with Crippen molar-refractivity contribution in [3.8, 4) is 0 Å². The Morgan fingerprint density at radius 3 is 2.76 bits per heavy atom. The van der Waals surface area contributed by atoms with Crippen LogP contribution in [-0.2, 0) is 22.7 Å². The van der Waals surface area contributed by atoms with Crippen LogP contribution in [-0.4, -0.2) is 25.5 Å². The number of hydrogen-bond donors (Lipinski definition) is 0. The van der Waals surface area contributed by atoms with E-state index in [4.69, 9.17) is 4.74 Å². The lowest BCUT2D eigenvalue weighted by atomic mass is 10.2. The van der Waals surface area contributed by atoms with Crippen molar-refractivity contribution in [1.82, 2.24) is 19.5 Å². The standard InChI is InChI=1S/C15H14N4O2/c1-11(20)21-8-13-14-15(17-9-16-13)19(10-18-14)7-12-5-3-2-4-6-12/h2-6,9-10H,7-8H2,1H3. The number of rotatable bonds is 4. The van der Waals surface area contributed by atoms with E-state index in [1.807, 2.05) is 34.9 Å². The number of ether oxygens (including phenoxy) is 1. The molecular formula is C15H14N4O2. The summed E-state index contributed by atoms with van der Waals surface area (Å²) in [6.07, 6.45) is 3.19. The largest absolute Gasteiger partial charge is 0.459 e. The van der Waals surface area contributed by atoms with Crippen molar-refractivity contribution in [3.63, 3.8) is 0 Å². The Labute approximate surface area is 121 Å². The molecule has 0 amide bonds. The predicted molar refractivity (Wildman–Crippen MR) is 76.3 cm³/mol. The molecule has 3 aromatic rings. The van der Waals surface area contributed by atoms with Crippen molar-refractivity contribution < 1.29 is 9.53 Å². The molecule has 0 saturated carbocycles. The van der Waals surface area contributed by atoms with Crippen LogP contribution < -0.4 is 0 Å². The molecule has 2 aromatic heterocycles. The van der Waals surface area contributed by atoms with E-state index in [0.29, 0.717) is 17.8 Å². The molecule has 0 aliphatic carbocycles. The second kappa shape index (κ2) is 5.70. The minimum atomic E-state index is -0.342. The minimum absolute atomic E-state index is 0.108. The normalized spacial score (nSPS) is 10.7. The zero-order chi connectivity index (χ0) is 14.7. The van der Waals surface area contributed by atoms with Gasteiger partial charge in [-0.15, -0.1) is 0 Å². The summed E-state index contributed by atoms with van der Waals surface area (Å²) in [4.78, 5) is 23.7. The van der Waals surface area contributed by atoms with Crippen LogP contribution in [0.1, 0.15) is 18.2 Å². The average molecular weight is 282 g/mol. The number of fused-ring (bicyclic) bond motifs is 1. The van der Waals surface area contributed by atoms with Gasteiger partial charge < -0.3 is 9.30 Å². The van der Waals surface area contributed by atoms with E-state index in [0.717, 1.165) is 11.2 Å². The molecule has 0 saturated heterocycles. The van der Waals surface area contributed by atoms with Gasteiger partial charge in [0.2, 0.25) is 0 Å². The first-order valence-electron chi connectivity index (χ1n) is 6.56. The van der Waals surface area contributed by atoms with E-state index >= 15 is 0 Å². The number of carbonyl (C=O) groups excluding carboxylic acids is 1. The van der Waals surface area contributed by atoms with Gasteiger partial charge in [-0.2, -0.15) is 0 Å². The highest BCUT2D eigenvalue weighted by Gasteiger charge is 2.11. The second-order valence-corrected chi connectivity index (χ2v) is 4.63. The van der Waals surface area contributed by atoms with Crippen molar-refractivity contribution >= 4 is 17.1 Å². The van der Waals surface area contributed by atoms with E-state index in [1.165, 1.54) is 13.3 Å². The molecule has 0 spiro atoms. The molecule has 3 rings (SSSR count). The molecule has 2 heterocycles. The first-order valence-corrected chi connectivity index (χ1v) is 6.56. The molecule has 0 atom stereocenters. The van der Waals surface area contributed by atoms with E-state index in [1.54, 1.807) is 6.33 Å². The molecule has 0 radical (unpaired) electrons. The Kier molecular flexibility index (Phi) is 3.59. The Bertz CT molecular complexity index is 768. The van der Waals surface area contributed by atoms with Gasteiger partial charge in [0.05, 0.1) is 12.9 Å². The van der Waals surface area contributed by atoms with Gasteiger partial charge in [-0.25, -0.2) is 15.0 Å². The highest BCUT2D eigenvalue weighted by atomic mass is 16.5. The van der Waals surface area contributed by atoms with Crippen molar-refractivity contribution in [2.24, 2.45) is 0 Å². The molecule has 0 unspecified atom stereocenters. The van der Waals surface area contributed by atoms with E-state index in [-0.39, 0.29) is 12.6 Å². The summed E-state index contributed by atoms with van der Waals surface area (Å²) in [7, 11) is 0. The third kappa shape index (κ3) is 2.89. The Morgan fingerprint density at radius 1 is 1.19 bits per heavy atom. The van der Waals surface area contributed by atoms with Gasteiger partial charge in [0.25, 0.3) is 0 Å². The quantitative estimate of drug-likeness (QED) is 0.684. The fourth-order valence-corrected chi connectivity index (χ4v) is 2.10. The van der Waals surface area contributed by atoms with Crippen LogP contribution in [0.25, 0.3) is 11.2 Å². The van der Waals surface area contributed by atoms with Crippen molar-refractivity contribution in [2.75, 3.05) is 0 Å². The number of hydrogen-bond acceptors (Lipinski definition) is 5. The van der Waals surface area contributed by atoms with E-state index < -0.39 is 0 Å². The number of nitrogens with zero attached hydrogens (tertiary/aromatic N) is 4. The molecule has 0 aliphatic heterocycles. The fraction of sp³-hybridized carbons (Fsp3) is 0.200. The van der Waals surface area contributed by atoms with Gasteiger partial charge in [-0.05, 0) is 5.56 Å². The van der Waals surface area contributed by atoms with E-state index in [9.17, 15) is 4.79 Å². The Morgan fingerprint density at radius 2 is 2.00 bits per heavy atom. The van der Waals surface area contributed by atoms with Crippen molar-refractivity contribution in [3.05, 3.63) is 54.2 Å². The summed E-state index contributed by atoms with van der Waals surface area (Å²) in [6.45, 7) is 2.16. The molecule has 0 N–H and O–H groups in total. The van der Waals surface area contributed by atoms with Crippen molar-refractivity contribution in [1.29, 1.82) is 0 Å². The Hall–Kier alpha value is -2.76. The topological polar surface area (TPSA) is 69.9 Å². The van der Waals surface area contributed by atoms with Gasteiger partial charge >= 0.3 is 5.97 Å². The summed E-state index contributed by atoms with van der Waals surface area (Å²) in [6, 6.07) is 10.1. The highest BCUT2D eigenvalue weighted by molar-refractivity contribution is 5.73. The molecule has 106 valence electrons. The maximum Gasteiger partial charge on any atom is 0.303 e. The molecule has 21 heavy (non-hydrogen) atoms. The predicted octanol–water partition coefficient (Wildman–Crippen LogP) is 1.94. The first kappa shape index (κ1) is 13.2. The summed E-state index contributed by atoms with van der Waals surface area (Å²) in [5.41, 5.74) is 3.17. The molecule has 6 heteroatoms. The molecule has 0 aliphatic rings. The number of aromatic nitrogens is 4. The molecule has 1 aromatic carbocycles. The molecule has 0 bridgehead atoms. The monoisotopic (exact) mass is 282 g/mol. The molecule has 6 nitrogen and oxygen atoms in total. The van der Waals surface area contributed by atoms with Gasteiger partial charge in [0.15, 0.2) is 5.65 Å². The average Bonchev–Trinajstić information content (AvgIpc) is 2.90. The summed E-state index contributed by atoms with van der Waals surface area (Å²) >= 11 is 0. The van der Waals surface area contributed by atoms with Crippen LogP contribution >= 0.6 is 0 Å². The van der Waals surface area contributed by atoms with Crippen LogP contribution in [0.4, 0.5) is 0 Å². The lowest BCUT2D eigenvalue weighted by molar-refractivity contribution is -0.142. The first-order chi connectivity index (χ1) is 10.2. The number of carbonyl (C=O) groups is 1. The third-order valence-corrected chi connectivity index (χ3v) is 3.08. The fourth-order valence-electron chi connectivity index (χ4n) is 2.10. The Balaban J connectivity index is 1.91. The summed E-state index contributed by atoms with van der Waals surface area (Å²) in [5.74, 6) is -0.342. The smallest absolute Gasteiger partial charge is 0.303 e. The van der Waals surface area contributed by atoms with Crippen LogP contribution in [0.15, 0.2) is 43.0 Å². The molecular weight excluding hydrogens is 268 g/mol. The zero-order valence-corrected chi connectivity index (χ0v) is 11.6. The van der Waals surface area contributed by atoms with Gasteiger partial charge in [-0.1, -0.05) is 30.3 Å². The maximum atomic E-state index is 10.9. The summed E-state index contributed by atoms with van der Waals surface area (Å²) < 4.78 is 6.93. The maximum absolute atomic E-state index is 10.9. The zero-order valence-electron chi connectivity index (χ0n) is 11.6. The van der Waals surface area contributed by atoms with Crippen LogP contribution in [0.2, 0.25) is 0 Å². The lowest BCUT2D eigenvalue weighted by Crippen LogP contribution is -2.03. The van der Waals surface area contributed by atoms with Crippen molar-refractivity contribution in [2.45, 2.75) is 20.1 Å². The third-order valence-electron chi connectivity index (χ3n) is 3.08. The molecule has 0 fully saturated rings. The number of esters is 1. The van der Waals surface area contributed by atoms with Gasteiger partial charge in [-0.3, -0.25) is 4.79 Å². The van der Waals surface area contributed by atoms with Gasteiger partial charge in [0, 0.05) is 6.92 Å². The minimum Gasteiger partial charge on any atom is -0.459 e. The van der Waals surface area contributed by atoms with Crippen LogP contribution in [0.3, 0.4) is 0 Å². The second-order valence-electron chi connectivity index (χ2n) is 4.63. The van der Waals surface area contributed by atoms with E-state index in [2.05, 4.69) is 15.0 Å². The number of imidazole rings is 1.